The number of rotatable bonds is 14. The number of nitrogens with one attached hydrogen (secondary N) is 1. The van der Waals surface area contributed by atoms with Crippen LogP contribution in [0.5, 0.6) is 5.75 Å². The molecule has 1 aliphatic carbocycles. The lowest BCUT2D eigenvalue weighted by Gasteiger charge is -2.33. The first-order valence-corrected chi connectivity index (χ1v) is 17.4. The molecule has 1 atom stereocenters. The molecule has 0 radical (unpaired) electrons. The van der Waals surface area contributed by atoms with E-state index in [1.54, 1.807) is 23.1 Å². The van der Waals surface area contributed by atoms with Crippen molar-refractivity contribution in [2.24, 2.45) is 0 Å². The van der Waals surface area contributed by atoms with E-state index in [4.69, 9.17) is 27.9 Å². The zero-order chi connectivity index (χ0) is 31.7. The molecule has 0 spiro atoms. The zero-order valence-corrected chi connectivity index (χ0v) is 27.4. The van der Waals surface area contributed by atoms with Crippen LogP contribution in [0.1, 0.15) is 49.7 Å². The molecule has 3 aromatic carbocycles. The summed E-state index contributed by atoms with van der Waals surface area (Å²) in [6.45, 7) is 0.183. The Hall–Kier alpha value is -3.27. The molecule has 0 bridgehead atoms. The van der Waals surface area contributed by atoms with Crippen LogP contribution in [0, 0.1) is 0 Å². The molecular formula is C33H39Cl2N3O5S. The van der Waals surface area contributed by atoms with Gasteiger partial charge in [0.2, 0.25) is 21.8 Å². The highest BCUT2D eigenvalue weighted by atomic mass is 35.5. The third-order valence-electron chi connectivity index (χ3n) is 7.85. The van der Waals surface area contributed by atoms with Crippen LogP contribution in [0.25, 0.3) is 0 Å². The first-order chi connectivity index (χ1) is 21.1. The van der Waals surface area contributed by atoms with Gasteiger partial charge in [-0.15, -0.1) is 0 Å². The quantitative estimate of drug-likeness (QED) is 0.221. The molecule has 1 saturated carbocycles. The zero-order valence-electron chi connectivity index (χ0n) is 25.0. The summed E-state index contributed by atoms with van der Waals surface area (Å²) in [7, 11) is -2.20. The Bertz CT molecular complexity index is 1530. The van der Waals surface area contributed by atoms with E-state index in [0.717, 1.165) is 43.1 Å². The molecule has 0 saturated heterocycles. The highest BCUT2D eigenvalue weighted by molar-refractivity contribution is 7.92. The molecule has 1 aliphatic rings. The van der Waals surface area contributed by atoms with Gasteiger partial charge in [0, 0.05) is 37.0 Å². The molecule has 44 heavy (non-hydrogen) atoms. The van der Waals surface area contributed by atoms with Crippen molar-refractivity contribution in [3.63, 3.8) is 0 Å². The number of sulfonamides is 1. The molecule has 1 unspecified atom stereocenters. The van der Waals surface area contributed by atoms with Crippen LogP contribution in [0.2, 0.25) is 10.0 Å². The number of benzene rings is 3. The Balaban J connectivity index is 1.59. The van der Waals surface area contributed by atoms with Crippen LogP contribution in [-0.4, -0.2) is 57.1 Å². The van der Waals surface area contributed by atoms with E-state index in [-0.39, 0.29) is 48.8 Å². The number of amides is 2. The van der Waals surface area contributed by atoms with Crippen molar-refractivity contribution < 1.29 is 22.7 Å². The Morgan fingerprint density at radius 2 is 1.66 bits per heavy atom. The maximum atomic E-state index is 14.0. The summed E-state index contributed by atoms with van der Waals surface area (Å²) in [5.41, 5.74) is 2.02. The predicted octanol–water partition coefficient (Wildman–Crippen LogP) is 6.25. The normalized spacial score (nSPS) is 14.2. The first kappa shape index (κ1) is 33.6. The fourth-order valence-corrected chi connectivity index (χ4v) is 6.95. The van der Waals surface area contributed by atoms with Crippen molar-refractivity contribution in [1.82, 2.24) is 10.2 Å². The smallest absolute Gasteiger partial charge is 0.243 e. The van der Waals surface area contributed by atoms with Gasteiger partial charge < -0.3 is 15.0 Å². The minimum Gasteiger partial charge on any atom is -0.495 e. The summed E-state index contributed by atoms with van der Waals surface area (Å²) < 4.78 is 31.9. The number of anilines is 1. The Morgan fingerprint density at radius 3 is 2.30 bits per heavy atom. The summed E-state index contributed by atoms with van der Waals surface area (Å²) in [6.07, 6.45) is 5.63. The summed E-state index contributed by atoms with van der Waals surface area (Å²) >= 11 is 12.8. The van der Waals surface area contributed by atoms with Crippen molar-refractivity contribution in [3.05, 3.63) is 94.0 Å². The van der Waals surface area contributed by atoms with Crippen LogP contribution in [0.4, 0.5) is 5.69 Å². The summed E-state index contributed by atoms with van der Waals surface area (Å²) in [5.74, 6) is -0.0463. The van der Waals surface area contributed by atoms with E-state index in [0.29, 0.717) is 22.9 Å². The van der Waals surface area contributed by atoms with Gasteiger partial charge in [0.05, 0.1) is 24.1 Å². The fourth-order valence-electron chi connectivity index (χ4n) is 5.55. The molecule has 0 heterocycles. The molecule has 1 N–H and O–H groups in total. The SMILES string of the molecule is COc1ccc(N(CCCC(=O)N(Cc2ccccc2Cl)C(Cc2ccccc2)C(=O)NC2CCCC2)S(C)(=O)=O)cc1Cl. The molecule has 0 aromatic heterocycles. The number of carbonyl (C=O) groups is 2. The van der Waals surface area contributed by atoms with Crippen LogP contribution in [-0.2, 0) is 32.6 Å². The Labute approximate surface area is 270 Å². The van der Waals surface area contributed by atoms with Gasteiger partial charge in [-0.1, -0.05) is 84.6 Å². The van der Waals surface area contributed by atoms with Gasteiger partial charge in [-0.25, -0.2) is 8.42 Å². The number of halogens is 2. The largest absolute Gasteiger partial charge is 0.495 e. The molecule has 4 rings (SSSR count). The van der Waals surface area contributed by atoms with Gasteiger partial charge in [-0.2, -0.15) is 0 Å². The van der Waals surface area contributed by atoms with Crippen molar-refractivity contribution in [2.45, 2.75) is 63.6 Å². The lowest BCUT2D eigenvalue weighted by Crippen LogP contribution is -2.52. The Kier molecular flexibility index (Phi) is 11.9. The average molecular weight is 661 g/mol. The van der Waals surface area contributed by atoms with Gasteiger partial charge in [-0.3, -0.25) is 13.9 Å². The van der Waals surface area contributed by atoms with Gasteiger partial charge >= 0.3 is 0 Å². The van der Waals surface area contributed by atoms with E-state index >= 15 is 0 Å². The highest BCUT2D eigenvalue weighted by Crippen LogP contribution is 2.30. The maximum Gasteiger partial charge on any atom is 0.243 e. The highest BCUT2D eigenvalue weighted by Gasteiger charge is 2.32. The van der Waals surface area contributed by atoms with Crippen LogP contribution in [0.15, 0.2) is 72.8 Å². The molecule has 3 aromatic rings. The topological polar surface area (TPSA) is 96.0 Å². The maximum absolute atomic E-state index is 14.0. The predicted molar refractivity (Wildman–Crippen MR) is 176 cm³/mol. The van der Waals surface area contributed by atoms with E-state index in [1.165, 1.54) is 17.5 Å². The number of hydrogen-bond acceptors (Lipinski definition) is 5. The third-order valence-corrected chi connectivity index (χ3v) is 9.70. The van der Waals surface area contributed by atoms with Gasteiger partial charge in [0.1, 0.15) is 11.8 Å². The molecule has 2 amide bonds. The number of methoxy groups -OCH3 is 1. The minimum atomic E-state index is -3.68. The standard InChI is InChI=1S/C33H39Cl2N3O5S/c1-43-31-19-18-27(22-29(31)35)38(44(2,41)42)20-10-17-32(39)37(23-25-13-6-9-16-28(25)34)30(21-24-11-4-3-5-12-24)33(40)36-26-14-7-8-15-26/h3-6,9,11-13,16,18-19,22,26,30H,7-8,10,14-15,17,20-21,23H2,1-2H3,(H,36,40). The number of hydrogen-bond donors (Lipinski definition) is 1. The second-order valence-corrected chi connectivity index (χ2v) is 13.8. The number of ether oxygens (including phenoxy) is 1. The Morgan fingerprint density at radius 1 is 0.977 bits per heavy atom. The van der Waals surface area contributed by atoms with Gasteiger partial charge in [0.15, 0.2) is 0 Å². The molecule has 8 nitrogen and oxygen atoms in total. The molecular weight excluding hydrogens is 621 g/mol. The lowest BCUT2D eigenvalue weighted by molar-refractivity contribution is -0.141. The van der Waals surface area contributed by atoms with E-state index in [1.807, 2.05) is 48.5 Å². The molecule has 1 fully saturated rings. The van der Waals surface area contributed by atoms with Gasteiger partial charge in [0.25, 0.3) is 0 Å². The number of nitrogens with zero attached hydrogens (tertiary/aromatic N) is 2. The van der Waals surface area contributed by atoms with Crippen molar-refractivity contribution in [2.75, 3.05) is 24.2 Å². The number of carbonyl (C=O) groups excluding carboxylic acids is 2. The molecule has 236 valence electrons. The first-order valence-electron chi connectivity index (χ1n) is 14.7. The average Bonchev–Trinajstić information content (AvgIpc) is 3.50. The lowest BCUT2D eigenvalue weighted by atomic mass is 10.0. The van der Waals surface area contributed by atoms with Crippen molar-refractivity contribution >= 4 is 50.7 Å². The van der Waals surface area contributed by atoms with Crippen LogP contribution >= 0.6 is 23.2 Å². The van der Waals surface area contributed by atoms with Crippen LogP contribution < -0.4 is 14.4 Å². The van der Waals surface area contributed by atoms with Crippen LogP contribution in [0.3, 0.4) is 0 Å². The fraction of sp³-hybridized carbons (Fsp3) is 0.394. The van der Waals surface area contributed by atoms with E-state index < -0.39 is 16.1 Å². The van der Waals surface area contributed by atoms with E-state index in [2.05, 4.69) is 5.32 Å². The second-order valence-electron chi connectivity index (χ2n) is 11.1. The summed E-state index contributed by atoms with van der Waals surface area (Å²) in [6, 6.07) is 20.9. The van der Waals surface area contributed by atoms with Gasteiger partial charge in [-0.05, 0) is 54.7 Å². The minimum absolute atomic E-state index is 0.0162. The third kappa shape index (κ3) is 9.13. The second kappa shape index (κ2) is 15.6. The summed E-state index contributed by atoms with van der Waals surface area (Å²) in [5, 5.41) is 3.96. The van der Waals surface area contributed by atoms with Crippen molar-refractivity contribution in [3.8, 4) is 5.75 Å². The van der Waals surface area contributed by atoms with Crippen molar-refractivity contribution in [1.29, 1.82) is 0 Å². The van der Waals surface area contributed by atoms with E-state index in [9.17, 15) is 18.0 Å². The molecule has 11 heteroatoms. The molecule has 0 aliphatic heterocycles. The summed E-state index contributed by atoms with van der Waals surface area (Å²) in [4.78, 5) is 29.5. The monoisotopic (exact) mass is 659 g/mol.